The minimum atomic E-state index is 0. The minimum absolute atomic E-state index is 0. The maximum absolute atomic E-state index is 6.02. The molecule has 2 N–H and O–H groups in total. The molecule has 0 spiro atoms. The average Bonchev–Trinajstić information content (AvgIpc) is 3.07. The first-order valence-electron chi connectivity index (χ1n) is 8.85. The molecule has 0 amide bonds. The van der Waals surface area contributed by atoms with Gasteiger partial charge in [0, 0.05) is 18.3 Å². The molecule has 1 fully saturated rings. The Morgan fingerprint density at radius 2 is 2.04 bits per heavy atom. The van der Waals surface area contributed by atoms with Crippen molar-refractivity contribution in [2.75, 3.05) is 25.0 Å². The zero-order chi connectivity index (χ0) is 17.4. The molecular formula is C19H30Br4N2O. The van der Waals surface area contributed by atoms with Crippen LogP contribution in [0.5, 0.6) is 5.75 Å². The second-order valence-electron chi connectivity index (χ2n) is 6.28. The van der Waals surface area contributed by atoms with Gasteiger partial charge in [0.2, 0.25) is 0 Å². The van der Waals surface area contributed by atoms with Crippen LogP contribution in [-0.4, -0.2) is 25.7 Å². The van der Waals surface area contributed by atoms with Crippen LogP contribution in [-0.2, 0) is 0 Å². The van der Waals surface area contributed by atoms with Gasteiger partial charge in [-0.1, -0.05) is 6.08 Å². The number of ether oxygens (including phenoxy) is 1. The first-order chi connectivity index (χ1) is 11.7. The van der Waals surface area contributed by atoms with Crippen molar-refractivity contribution in [2.45, 2.75) is 45.1 Å². The van der Waals surface area contributed by atoms with E-state index >= 15 is 0 Å². The first kappa shape index (κ1) is 26.4. The van der Waals surface area contributed by atoms with Gasteiger partial charge in [0.25, 0.3) is 0 Å². The highest BCUT2D eigenvalue weighted by molar-refractivity contribution is 9.11. The van der Waals surface area contributed by atoms with E-state index in [0.717, 1.165) is 52.9 Å². The van der Waals surface area contributed by atoms with E-state index in [1.807, 2.05) is 0 Å². The quantitative estimate of drug-likeness (QED) is 0.220. The van der Waals surface area contributed by atoms with Crippen LogP contribution in [0.4, 0.5) is 5.69 Å². The van der Waals surface area contributed by atoms with Crippen molar-refractivity contribution >= 4 is 71.5 Å². The average molecular weight is 622 g/mol. The maximum Gasteiger partial charge on any atom is 0.147 e. The second-order valence-corrected chi connectivity index (χ2v) is 7.99. The van der Waals surface area contributed by atoms with Crippen molar-refractivity contribution in [1.29, 1.82) is 0 Å². The van der Waals surface area contributed by atoms with Crippen molar-refractivity contribution < 1.29 is 4.74 Å². The van der Waals surface area contributed by atoms with Crippen LogP contribution in [0.2, 0.25) is 0 Å². The molecule has 2 atom stereocenters. The summed E-state index contributed by atoms with van der Waals surface area (Å²) in [4.78, 5) is 0. The molecule has 1 heterocycles. The fraction of sp³-hybridized carbons (Fsp3) is 0.579. The van der Waals surface area contributed by atoms with E-state index in [-0.39, 0.29) is 34.0 Å². The summed E-state index contributed by atoms with van der Waals surface area (Å²) < 4.78 is 7.98. The van der Waals surface area contributed by atoms with Gasteiger partial charge < -0.3 is 15.4 Å². The molecule has 3 nitrogen and oxygen atoms in total. The number of hydrogen-bond acceptors (Lipinski definition) is 3. The Morgan fingerprint density at radius 3 is 2.58 bits per heavy atom. The van der Waals surface area contributed by atoms with Crippen molar-refractivity contribution in [3.63, 3.8) is 0 Å². The summed E-state index contributed by atoms with van der Waals surface area (Å²) in [5, 5.41) is 6.94. The number of nitrogens with one attached hydrogen (secondary N) is 2. The van der Waals surface area contributed by atoms with Gasteiger partial charge in [-0.3, -0.25) is 0 Å². The van der Waals surface area contributed by atoms with Crippen LogP contribution in [0.1, 0.15) is 39.0 Å². The van der Waals surface area contributed by atoms with Gasteiger partial charge in [-0.25, -0.2) is 0 Å². The van der Waals surface area contributed by atoms with Gasteiger partial charge in [0.15, 0.2) is 0 Å². The zero-order valence-corrected chi connectivity index (χ0v) is 21.8. The van der Waals surface area contributed by atoms with Crippen molar-refractivity contribution in [1.82, 2.24) is 5.32 Å². The highest BCUT2D eigenvalue weighted by atomic mass is 79.9. The van der Waals surface area contributed by atoms with Crippen LogP contribution in [0.25, 0.3) is 0 Å². The molecule has 1 aliphatic rings. The SMILES string of the molecule is Br.Br.C=CCC(CCCOc1c(Br)cc(NCC)cc1Br)C1CCCN1. The Balaban J connectivity index is 0.00000312. The van der Waals surface area contributed by atoms with Crippen LogP contribution < -0.4 is 15.4 Å². The molecule has 0 aromatic heterocycles. The Hall–Kier alpha value is 0.440. The van der Waals surface area contributed by atoms with Gasteiger partial charge >= 0.3 is 0 Å². The van der Waals surface area contributed by atoms with Crippen molar-refractivity contribution in [3.8, 4) is 5.75 Å². The monoisotopic (exact) mass is 618 g/mol. The van der Waals surface area contributed by atoms with Crippen LogP contribution >= 0.6 is 65.8 Å². The topological polar surface area (TPSA) is 33.3 Å². The van der Waals surface area contributed by atoms with Crippen molar-refractivity contribution in [2.24, 2.45) is 5.92 Å². The summed E-state index contributed by atoms with van der Waals surface area (Å²) in [7, 11) is 0. The van der Waals surface area contributed by atoms with Gasteiger partial charge in [-0.15, -0.1) is 40.5 Å². The zero-order valence-electron chi connectivity index (χ0n) is 15.2. The summed E-state index contributed by atoms with van der Waals surface area (Å²) in [6, 6.07) is 4.78. The molecule has 0 radical (unpaired) electrons. The first-order valence-corrected chi connectivity index (χ1v) is 10.4. The van der Waals surface area contributed by atoms with E-state index in [1.165, 1.54) is 19.3 Å². The van der Waals surface area contributed by atoms with Gasteiger partial charge in [-0.05, 0) is 95.5 Å². The number of allylic oxidation sites excluding steroid dienone is 1. The molecule has 26 heavy (non-hydrogen) atoms. The summed E-state index contributed by atoms with van der Waals surface area (Å²) >= 11 is 7.22. The lowest BCUT2D eigenvalue weighted by Crippen LogP contribution is -2.30. The molecule has 1 aromatic carbocycles. The van der Waals surface area contributed by atoms with E-state index in [4.69, 9.17) is 4.74 Å². The Labute approximate surface area is 195 Å². The van der Waals surface area contributed by atoms with Crippen LogP contribution in [0.15, 0.2) is 33.7 Å². The smallest absolute Gasteiger partial charge is 0.147 e. The Morgan fingerprint density at radius 1 is 1.35 bits per heavy atom. The molecule has 1 saturated heterocycles. The van der Waals surface area contributed by atoms with Gasteiger partial charge in [-0.2, -0.15) is 0 Å². The van der Waals surface area contributed by atoms with Gasteiger partial charge in [0.1, 0.15) is 5.75 Å². The van der Waals surface area contributed by atoms with Crippen LogP contribution in [0, 0.1) is 5.92 Å². The molecular weight excluding hydrogens is 592 g/mol. The van der Waals surface area contributed by atoms with E-state index in [9.17, 15) is 0 Å². The lowest BCUT2D eigenvalue weighted by atomic mass is 9.90. The summed E-state index contributed by atoms with van der Waals surface area (Å²) in [5.74, 6) is 1.56. The molecule has 0 aliphatic carbocycles. The fourth-order valence-corrected chi connectivity index (χ4v) is 4.75. The van der Waals surface area contributed by atoms with E-state index in [1.54, 1.807) is 0 Å². The maximum atomic E-state index is 6.02. The van der Waals surface area contributed by atoms with Crippen molar-refractivity contribution in [3.05, 3.63) is 33.7 Å². The molecule has 1 aromatic rings. The second kappa shape index (κ2) is 14.4. The lowest BCUT2D eigenvalue weighted by Gasteiger charge is -2.22. The molecule has 1 aliphatic heterocycles. The fourth-order valence-electron chi connectivity index (χ4n) is 3.33. The molecule has 2 unspecified atom stereocenters. The number of anilines is 1. The summed E-state index contributed by atoms with van der Waals surface area (Å²) in [6.45, 7) is 8.80. The molecule has 7 heteroatoms. The normalized spacial score (nSPS) is 17.0. The Bertz CT molecular complexity index is 513. The third-order valence-corrected chi connectivity index (χ3v) is 5.66. The number of rotatable bonds is 10. The van der Waals surface area contributed by atoms with E-state index < -0.39 is 0 Å². The molecule has 0 saturated carbocycles. The Kier molecular flexibility index (Phi) is 14.7. The standard InChI is InChI=1S/C19H28Br2N2O.2BrH/c1-3-7-14(18-9-5-10-23-18)8-6-11-24-19-16(20)12-15(22-4-2)13-17(19)21;;/h3,12-14,18,22-23H,1,4-11H2,2H3;2*1H. The molecule has 2 rings (SSSR count). The van der Waals surface area contributed by atoms with E-state index in [2.05, 4.69) is 74.2 Å². The number of benzene rings is 1. The van der Waals surface area contributed by atoms with Crippen LogP contribution in [0.3, 0.4) is 0 Å². The third kappa shape index (κ3) is 8.21. The predicted molar refractivity (Wildman–Crippen MR) is 131 cm³/mol. The lowest BCUT2D eigenvalue weighted by molar-refractivity contribution is 0.274. The summed E-state index contributed by atoms with van der Waals surface area (Å²) in [5.41, 5.74) is 1.09. The summed E-state index contributed by atoms with van der Waals surface area (Å²) in [6.07, 6.45) is 7.97. The highest BCUT2D eigenvalue weighted by Gasteiger charge is 2.23. The number of hydrogen-bond donors (Lipinski definition) is 2. The molecule has 150 valence electrons. The van der Waals surface area contributed by atoms with Gasteiger partial charge in [0.05, 0.1) is 15.6 Å². The molecule has 0 bridgehead atoms. The minimum Gasteiger partial charge on any atom is -0.491 e. The highest BCUT2D eigenvalue weighted by Crippen LogP contribution is 2.36. The third-order valence-electron chi connectivity index (χ3n) is 4.48. The number of halogens is 4. The largest absolute Gasteiger partial charge is 0.491 e. The predicted octanol–water partition coefficient (Wildman–Crippen LogP) is 6.90. The van der Waals surface area contributed by atoms with E-state index in [0.29, 0.717) is 12.0 Å².